The molecule has 0 radical (unpaired) electrons. The average Bonchev–Trinajstić information content (AvgIpc) is 2.75. The number of nitrogens with zero attached hydrogens (tertiary/aromatic N) is 4. The second kappa shape index (κ2) is 10.6. The summed E-state index contributed by atoms with van der Waals surface area (Å²) >= 11 is 2.22. The van der Waals surface area contributed by atoms with Gasteiger partial charge >= 0.3 is 0 Å². The van der Waals surface area contributed by atoms with E-state index in [4.69, 9.17) is 5.73 Å². The summed E-state index contributed by atoms with van der Waals surface area (Å²) in [6, 6.07) is 7.86. The molecule has 3 N–H and O–H groups in total. The Morgan fingerprint density at radius 2 is 2.10 bits per heavy atom. The maximum absolute atomic E-state index is 13.2. The highest BCUT2D eigenvalue weighted by Crippen LogP contribution is 2.34. The van der Waals surface area contributed by atoms with Crippen molar-refractivity contribution in [2.45, 2.75) is 13.0 Å². The van der Waals surface area contributed by atoms with Crippen LogP contribution in [0.2, 0.25) is 0 Å². The molecule has 1 aromatic heterocycles. The highest BCUT2D eigenvalue weighted by molar-refractivity contribution is 14.1. The third kappa shape index (κ3) is 5.97. The van der Waals surface area contributed by atoms with Gasteiger partial charge in [-0.15, -0.1) is 0 Å². The van der Waals surface area contributed by atoms with E-state index < -0.39 is 17.9 Å². The molecule has 0 spiro atoms. The zero-order valence-corrected chi connectivity index (χ0v) is 19.3. The van der Waals surface area contributed by atoms with Crippen LogP contribution in [-0.2, 0) is 4.79 Å². The van der Waals surface area contributed by atoms with Gasteiger partial charge in [0.2, 0.25) is 11.9 Å². The fourth-order valence-corrected chi connectivity index (χ4v) is 3.84. The molecule has 8 nitrogen and oxygen atoms in total. The molecule has 2 heterocycles. The Morgan fingerprint density at radius 1 is 1.29 bits per heavy atom. The van der Waals surface area contributed by atoms with Gasteiger partial charge in [-0.05, 0) is 53.4 Å². The summed E-state index contributed by atoms with van der Waals surface area (Å²) in [6.07, 6.45) is 2.85. The lowest BCUT2D eigenvalue weighted by Gasteiger charge is -2.35. The molecule has 2 amide bonds. The standard InChI is InChI=1S/C21H24FIN6O2/c1-2-28(8-7-26-21(31)14-5-6-25-19(22)11-14)9-10-29-17-4-3-15(23)12-16(17)27-13-18(29)20(24)30/h3-6,11-13,18H,2,7-10H2,1H3,(H2,24,30)(H,26,31). The minimum Gasteiger partial charge on any atom is -0.368 e. The van der Waals surface area contributed by atoms with Crippen molar-refractivity contribution in [3.05, 3.63) is 51.6 Å². The van der Waals surface area contributed by atoms with E-state index in [1.54, 1.807) is 6.21 Å². The Kier molecular flexibility index (Phi) is 7.91. The van der Waals surface area contributed by atoms with E-state index in [9.17, 15) is 14.0 Å². The quantitative estimate of drug-likeness (QED) is 0.376. The lowest BCUT2D eigenvalue weighted by atomic mass is 10.1. The van der Waals surface area contributed by atoms with Gasteiger partial charge < -0.3 is 20.9 Å². The Morgan fingerprint density at radius 3 is 2.81 bits per heavy atom. The molecule has 1 aliphatic rings. The molecule has 0 saturated carbocycles. The molecule has 1 atom stereocenters. The number of primary amides is 1. The number of nitrogens with one attached hydrogen (secondary N) is 1. The van der Waals surface area contributed by atoms with Crippen LogP contribution in [0, 0.1) is 9.52 Å². The van der Waals surface area contributed by atoms with Crippen molar-refractivity contribution >= 4 is 52.0 Å². The minimum atomic E-state index is -0.688. The van der Waals surface area contributed by atoms with E-state index >= 15 is 0 Å². The smallest absolute Gasteiger partial charge is 0.251 e. The molecule has 2 aromatic rings. The van der Waals surface area contributed by atoms with Crippen LogP contribution in [0.25, 0.3) is 0 Å². The first-order valence-electron chi connectivity index (χ1n) is 9.91. The number of carbonyl (C=O) groups excluding carboxylic acids is 2. The fourth-order valence-electron chi connectivity index (χ4n) is 3.36. The number of aromatic nitrogens is 1. The second-order valence-electron chi connectivity index (χ2n) is 7.01. The molecule has 0 aliphatic carbocycles. The molecule has 0 saturated heterocycles. The van der Waals surface area contributed by atoms with Gasteiger partial charge in [0.15, 0.2) is 0 Å². The molecular formula is C21H24FIN6O2. The van der Waals surface area contributed by atoms with E-state index in [1.807, 2.05) is 30.0 Å². The van der Waals surface area contributed by atoms with Crippen LogP contribution in [0.4, 0.5) is 15.8 Å². The molecule has 0 bridgehead atoms. The van der Waals surface area contributed by atoms with Crippen molar-refractivity contribution in [2.24, 2.45) is 10.7 Å². The number of aliphatic imine (C=N–C) groups is 1. The van der Waals surface area contributed by atoms with Crippen LogP contribution in [0.1, 0.15) is 17.3 Å². The van der Waals surface area contributed by atoms with Gasteiger partial charge in [-0.25, -0.2) is 4.98 Å². The number of rotatable bonds is 9. The monoisotopic (exact) mass is 538 g/mol. The van der Waals surface area contributed by atoms with Gasteiger partial charge in [0, 0.05) is 53.8 Å². The van der Waals surface area contributed by atoms with E-state index in [-0.39, 0.29) is 11.5 Å². The third-order valence-corrected chi connectivity index (χ3v) is 5.71. The zero-order valence-electron chi connectivity index (χ0n) is 17.1. The van der Waals surface area contributed by atoms with Crippen LogP contribution < -0.4 is 16.0 Å². The summed E-state index contributed by atoms with van der Waals surface area (Å²) in [5, 5.41) is 2.79. The Labute approximate surface area is 193 Å². The SMILES string of the molecule is CCN(CCNC(=O)c1ccnc(F)c1)CCN1c2ccc(I)cc2N=CC1C(N)=O. The third-order valence-electron chi connectivity index (χ3n) is 5.04. The topological polar surface area (TPSA) is 104 Å². The molecule has 164 valence electrons. The van der Waals surface area contributed by atoms with Crippen molar-refractivity contribution in [2.75, 3.05) is 37.6 Å². The number of carbonyl (C=O) groups is 2. The Bertz CT molecular complexity index is 986. The number of amides is 2. The minimum absolute atomic E-state index is 0.235. The van der Waals surface area contributed by atoms with Crippen molar-refractivity contribution in [3.63, 3.8) is 0 Å². The zero-order chi connectivity index (χ0) is 22.4. The summed E-state index contributed by atoms with van der Waals surface area (Å²) in [4.78, 5) is 36.1. The molecular weight excluding hydrogens is 514 g/mol. The number of pyridine rings is 1. The predicted octanol–water partition coefficient (Wildman–Crippen LogP) is 1.95. The van der Waals surface area contributed by atoms with Crippen LogP contribution >= 0.6 is 22.6 Å². The first kappa shape index (κ1) is 23.1. The number of nitrogens with two attached hydrogens (primary N) is 1. The van der Waals surface area contributed by atoms with E-state index in [1.165, 1.54) is 12.3 Å². The van der Waals surface area contributed by atoms with E-state index in [0.29, 0.717) is 26.2 Å². The molecule has 0 fully saturated rings. The Balaban J connectivity index is 1.58. The highest BCUT2D eigenvalue weighted by atomic mass is 127. The molecule has 1 aliphatic heterocycles. The van der Waals surface area contributed by atoms with E-state index in [2.05, 4.69) is 42.8 Å². The summed E-state index contributed by atoms with van der Waals surface area (Å²) in [5.41, 5.74) is 7.51. The van der Waals surface area contributed by atoms with Gasteiger partial charge in [0.05, 0.1) is 11.4 Å². The molecule has 1 aromatic carbocycles. The van der Waals surface area contributed by atoms with Crippen molar-refractivity contribution in [1.29, 1.82) is 0 Å². The summed E-state index contributed by atoms with van der Waals surface area (Å²) in [6.45, 7) is 5.05. The largest absolute Gasteiger partial charge is 0.368 e. The normalized spacial score (nSPS) is 15.1. The average molecular weight is 538 g/mol. The molecule has 1 unspecified atom stereocenters. The predicted molar refractivity (Wildman–Crippen MR) is 126 cm³/mol. The summed E-state index contributed by atoms with van der Waals surface area (Å²) in [7, 11) is 0. The second-order valence-corrected chi connectivity index (χ2v) is 8.25. The maximum Gasteiger partial charge on any atom is 0.251 e. The van der Waals surface area contributed by atoms with Crippen molar-refractivity contribution in [1.82, 2.24) is 15.2 Å². The van der Waals surface area contributed by atoms with E-state index in [0.717, 1.165) is 27.6 Å². The van der Waals surface area contributed by atoms with Crippen LogP contribution in [0.15, 0.2) is 41.5 Å². The molecule has 3 rings (SSSR count). The summed E-state index contributed by atoms with van der Waals surface area (Å²) in [5.74, 6) is -1.48. The first-order valence-corrected chi connectivity index (χ1v) is 11.0. The van der Waals surface area contributed by atoms with Crippen LogP contribution in [-0.4, -0.2) is 66.7 Å². The number of hydrogen-bond acceptors (Lipinski definition) is 6. The van der Waals surface area contributed by atoms with Crippen LogP contribution in [0.5, 0.6) is 0 Å². The number of halogens is 2. The Hall–Kier alpha value is -2.60. The molecule has 31 heavy (non-hydrogen) atoms. The lowest BCUT2D eigenvalue weighted by Crippen LogP contribution is -2.50. The van der Waals surface area contributed by atoms with Gasteiger partial charge in [0.25, 0.3) is 5.91 Å². The number of likely N-dealkylation sites (N-methyl/N-ethyl adjacent to an activating group) is 1. The van der Waals surface area contributed by atoms with Crippen LogP contribution in [0.3, 0.4) is 0 Å². The number of fused-ring (bicyclic) bond motifs is 1. The van der Waals surface area contributed by atoms with Gasteiger partial charge in [-0.1, -0.05) is 6.92 Å². The summed E-state index contributed by atoms with van der Waals surface area (Å²) < 4.78 is 14.2. The number of hydrogen-bond donors (Lipinski definition) is 2. The van der Waals surface area contributed by atoms with Crippen molar-refractivity contribution in [3.8, 4) is 0 Å². The fraction of sp³-hybridized carbons (Fsp3) is 0.333. The number of anilines is 1. The lowest BCUT2D eigenvalue weighted by molar-refractivity contribution is -0.117. The highest BCUT2D eigenvalue weighted by Gasteiger charge is 2.28. The first-order chi connectivity index (χ1) is 14.9. The van der Waals surface area contributed by atoms with Crippen molar-refractivity contribution < 1.29 is 14.0 Å². The number of benzene rings is 1. The maximum atomic E-state index is 13.2. The van der Waals surface area contributed by atoms with Gasteiger partial charge in [0.1, 0.15) is 6.04 Å². The van der Waals surface area contributed by atoms with Gasteiger partial charge in [-0.2, -0.15) is 4.39 Å². The molecule has 10 heteroatoms. The van der Waals surface area contributed by atoms with Gasteiger partial charge in [-0.3, -0.25) is 14.6 Å².